The van der Waals surface area contributed by atoms with Crippen molar-refractivity contribution in [2.24, 2.45) is 11.8 Å². The molecule has 6 rings (SSSR count). The quantitative estimate of drug-likeness (QED) is 0.492. The predicted molar refractivity (Wildman–Crippen MR) is 136 cm³/mol. The summed E-state index contributed by atoms with van der Waals surface area (Å²) in [4.78, 5) is 50.1. The Balaban J connectivity index is 1.20. The van der Waals surface area contributed by atoms with Gasteiger partial charge in [0.05, 0.1) is 16.9 Å². The lowest BCUT2D eigenvalue weighted by Gasteiger charge is -2.22. The minimum absolute atomic E-state index is 0.0573. The third-order valence-electron chi connectivity index (χ3n) is 6.65. The molecule has 0 radical (unpaired) electrons. The molecule has 0 saturated carbocycles. The zero-order valence-corrected chi connectivity index (χ0v) is 20.5. The van der Waals surface area contributed by atoms with Gasteiger partial charge in [-0.3, -0.25) is 19.7 Å². The first-order valence-electron chi connectivity index (χ1n) is 11.9. The van der Waals surface area contributed by atoms with Crippen LogP contribution in [-0.2, 0) is 11.4 Å². The van der Waals surface area contributed by atoms with Crippen LogP contribution in [0.2, 0.25) is 0 Å². The summed E-state index contributed by atoms with van der Waals surface area (Å²) in [6.07, 6.45) is 3.13. The number of nitrogens with one attached hydrogen (secondary N) is 1. The second kappa shape index (κ2) is 9.74. The van der Waals surface area contributed by atoms with Crippen LogP contribution in [0.4, 0.5) is 10.7 Å². The molecule has 3 aliphatic rings. The smallest absolute Gasteiger partial charge is 0.290 e. The fraction of sp³-hybridized carbons (Fsp3) is 0.269. The molecule has 1 N–H and O–H groups in total. The Bertz CT molecular complexity index is 1360. The average Bonchev–Trinajstić information content (AvgIpc) is 3.68. The summed E-state index contributed by atoms with van der Waals surface area (Å²) in [6.45, 7) is 2.96. The summed E-state index contributed by atoms with van der Waals surface area (Å²) in [5.41, 5.74) is 1.17. The van der Waals surface area contributed by atoms with Crippen molar-refractivity contribution in [2.45, 2.75) is 6.61 Å². The first-order chi connectivity index (χ1) is 18.0. The molecular formula is C26H23N5O5S. The third kappa shape index (κ3) is 4.94. The van der Waals surface area contributed by atoms with Gasteiger partial charge in [0.15, 0.2) is 0 Å². The molecule has 3 aliphatic heterocycles. The first kappa shape index (κ1) is 23.3. The number of fused-ring (bicyclic) bond motifs is 1. The highest BCUT2D eigenvalue weighted by Gasteiger charge is 2.42. The number of amides is 3. The second-order valence-electron chi connectivity index (χ2n) is 9.15. The predicted octanol–water partition coefficient (Wildman–Crippen LogP) is 3.18. The van der Waals surface area contributed by atoms with Gasteiger partial charge in [0, 0.05) is 49.6 Å². The molecule has 37 heavy (non-hydrogen) atoms. The fourth-order valence-corrected chi connectivity index (χ4v) is 5.57. The van der Waals surface area contributed by atoms with E-state index >= 15 is 0 Å². The number of carbonyl (C=O) groups is 3. The maximum Gasteiger partial charge on any atom is 0.290 e. The Labute approximate surface area is 216 Å². The molecular weight excluding hydrogens is 494 g/mol. The summed E-state index contributed by atoms with van der Waals surface area (Å²) in [7, 11) is 0. The Morgan fingerprint density at radius 3 is 2.54 bits per heavy atom. The molecule has 11 heteroatoms. The van der Waals surface area contributed by atoms with E-state index in [0.29, 0.717) is 66.9 Å². The molecule has 2 aromatic heterocycles. The van der Waals surface area contributed by atoms with Crippen molar-refractivity contribution in [1.29, 1.82) is 0 Å². The van der Waals surface area contributed by atoms with Crippen LogP contribution in [0.3, 0.4) is 0 Å². The number of thioether (sulfide) groups is 1. The van der Waals surface area contributed by atoms with E-state index < -0.39 is 11.1 Å². The monoisotopic (exact) mass is 517 g/mol. The van der Waals surface area contributed by atoms with Crippen molar-refractivity contribution >= 4 is 40.8 Å². The van der Waals surface area contributed by atoms with E-state index in [1.807, 2.05) is 35.2 Å². The number of furan rings is 1. The number of likely N-dealkylation sites (tertiary alicyclic amines) is 1. The molecule has 2 unspecified atom stereocenters. The van der Waals surface area contributed by atoms with Gasteiger partial charge in [-0.1, -0.05) is 18.2 Å². The molecule has 3 amide bonds. The van der Waals surface area contributed by atoms with E-state index in [2.05, 4.69) is 20.2 Å². The van der Waals surface area contributed by atoms with Gasteiger partial charge in [-0.25, -0.2) is 4.98 Å². The van der Waals surface area contributed by atoms with Crippen LogP contribution in [0, 0.1) is 11.8 Å². The van der Waals surface area contributed by atoms with Crippen LogP contribution in [0.25, 0.3) is 6.08 Å². The van der Waals surface area contributed by atoms with Crippen molar-refractivity contribution in [3.05, 3.63) is 76.7 Å². The lowest BCUT2D eigenvalue weighted by Crippen LogP contribution is -2.33. The van der Waals surface area contributed by atoms with Gasteiger partial charge in [-0.15, -0.1) is 0 Å². The number of imide groups is 1. The number of carbonyl (C=O) groups excluding carboxylic acids is 3. The van der Waals surface area contributed by atoms with Crippen molar-refractivity contribution in [2.75, 3.05) is 31.1 Å². The van der Waals surface area contributed by atoms with Crippen LogP contribution in [0.15, 0.2) is 64.1 Å². The molecule has 3 aromatic rings. The zero-order chi connectivity index (χ0) is 25.4. The molecule has 0 aliphatic carbocycles. The van der Waals surface area contributed by atoms with E-state index in [1.165, 1.54) is 0 Å². The number of benzene rings is 1. The molecule has 188 valence electrons. The van der Waals surface area contributed by atoms with Gasteiger partial charge in [-0.05, 0) is 42.1 Å². The number of anilines is 1. The van der Waals surface area contributed by atoms with Gasteiger partial charge in [0.25, 0.3) is 17.1 Å². The highest BCUT2D eigenvalue weighted by atomic mass is 32.2. The Morgan fingerprint density at radius 2 is 1.86 bits per heavy atom. The number of hydrogen-bond acceptors (Lipinski definition) is 9. The van der Waals surface area contributed by atoms with E-state index in [-0.39, 0.29) is 17.4 Å². The summed E-state index contributed by atoms with van der Waals surface area (Å²) in [6, 6.07) is 14.6. The molecule has 3 fully saturated rings. The molecule has 5 heterocycles. The van der Waals surface area contributed by atoms with E-state index in [9.17, 15) is 14.4 Å². The topological polar surface area (TPSA) is 118 Å². The SMILES string of the molecule is O=C1NC(=O)/C(=C\c2cc(OCc3ccco3)nc(N3CC4CN(C(=O)c5ccccc5)CC4C3)n2)S1. The highest BCUT2D eigenvalue weighted by molar-refractivity contribution is 8.18. The van der Waals surface area contributed by atoms with Crippen LogP contribution in [0.1, 0.15) is 21.8 Å². The summed E-state index contributed by atoms with van der Waals surface area (Å²) in [5.74, 6) is 1.68. The normalized spacial score (nSPS) is 22.0. The van der Waals surface area contributed by atoms with Crippen LogP contribution in [0.5, 0.6) is 5.88 Å². The number of nitrogens with zero attached hydrogens (tertiary/aromatic N) is 4. The molecule has 2 atom stereocenters. The Morgan fingerprint density at radius 1 is 1.08 bits per heavy atom. The summed E-state index contributed by atoms with van der Waals surface area (Å²) in [5, 5.41) is 1.84. The Kier molecular flexibility index (Phi) is 6.13. The molecule has 10 nitrogen and oxygen atoms in total. The van der Waals surface area contributed by atoms with Gasteiger partial charge >= 0.3 is 0 Å². The highest BCUT2D eigenvalue weighted by Crippen LogP contribution is 2.34. The second-order valence-corrected chi connectivity index (χ2v) is 10.2. The number of hydrogen-bond donors (Lipinski definition) is 1. The standard InChI is InChI=1S/C26H23N5O5S/c32-23-21(37-26(34)29-23)9-19-10-22(36-15-20-7-4-8-35-20)28-25(27-19)31-13-17-11-30(12-18(17)14-31)24(33)16-5-2-1-3-6-16/h1-10,17-18H,11-15H2,(H,29,32,34)/b21-9+. The number of rotatable bonds is 6. The molecule has 0 spiro atoms. The van der Waals surface area contributed by atoms with E-state index in [4.69, 9.17) is 9.15 Å². The van der Waals surface area contributed by atoms with Gasteiger partial charge in [0.2, 0.25) is 11.8 Å². The summed E-state index contributed by atoms with van der Waals surface area (Å²) < 4.78 is 11.2. The van der Waals surface area contributed by atoms with Gasteiger partial charge < -0.3 is 19.0 Å². The molecule has 1 aromatic carbocycles. The van der Waals surface area contributed by atoms with Crippen molar-refractivity contribution < 1.29 is 23.5 Å². The van der Waals surface area contributed by atoms with Crippen LogP contribution >= 0.6 is 11.8 Å². The number of ether oxygens (including phenoxy) is 1. The zero-order valence-electron chi connectivity index (χ0n) is 19.7. The van der Waals surface area contributed by atoms with Gasteiger partial charge in [-0.2, -0.15) is 4.98 Å². The minimum Gasteiger partial charge on any atom is -0.469 e. The van der Waals surface area contributed by atoms with Crippen LogP contribution in [-0.4, -0.2) is 58.1 Å². The first-order valence-corrected chi connectivity index (χ1v) is 12.7. The van der Waals surface area contributed by atoms with E-state index in [1.54, 1.807) is 30.5 Å². The Hall–Kier alpha value is -4.12. The maximum atomic E-state index is 12.9. The van der Waals surface area contributed by atoms with Gasteiger partial charge in [0.1, 0.15) is 12.4 Å². The third-order valence-corrected chi connectivity index (χ3v) is 7.46. The average molecular weight is 518 g/mol. The number of aromatic nitrogens is 2. The van der Waals surface area contributed by atoms with Crippen LogP contribution < -0.4 is 15.0 Å². The fourth-order valence-electron chi connectivity index (χ4n) is 4.90. The van der Waals surface area contributed by atoms with Crippen molar-refractivity contribution in [1.82, 2.24) is 20.2 Å². The lowest BCUT2D eigenvalue weighted by atomic mass is 10.0. The van der Waals surface area contributed by atoms with E-state index in [0.717, 1.165) is 11.8 Å². The van der Waals surface area contributed by atoms with Crippen molar-refractivity contribution in [3.8, 4) is 5.88 Å². The lowest BCUT2D eigenvalue weighted by molar-refractivity contribution is -0.115. The molecule has 3 saturated heterocycles. The van der Waals surface area contributed by atoms with Crippen molar-refractivity contribution in [3.63, 3.8) is 0 Å². The maximum absolute atomic E-state index is 12.9. The largest absolute Gasteiger partial charge is 0.469 e. The molecule has 0 bridgehead atoms. The summed E-state index contributed by atoms with van der Waals surface area (Å²) >= 11 is 0.833. The minimum atomic E-state index is -0.452.